The second-order valence-electron chi connectivity index (χ2n) is 7.26. The van der Waals surface area contributed by atoms with Gasteiger partial charge >= 0.3 is 0 Å². The molecule has 0 saturated carbocycles. The van der Waals surface area contributed by atoms with Crippen LogP contribution in [0.2, 0.25) is 0 Å². The summed E-state index contributed by atoms with van der Waals surface area (Å²) in [7, 11) is 1.61. The maximum Gasteiger partial charge on any atom is 0.254 e. The fourth-order valence-corrected chi connectivity index (χ4v) is 3.04. The minimum Gasteiger partial charge on any atom is -0.489 e. The SMILES string of the molecule is Cc1cccc(NC(=O)CN(C)C(=O)c2cccc(OCc3ccccc3)c2)c1C. The van der Waals surface area contributed by atoms with Gasteiger partial charge in [0.05, 0.1) is 6.54 Å². The third-order valence-electron chi connectivity index (χ3n) is 4.94. The monoisotopic (exact) mass is 402 g/mol. The Kier molecular flexibility index (Phi) is 6.86. The molecule has 0 radical (unpaired) electrons. The highest BCUT2D eigenvalue weighted by atomic mass is 16.5. The second kappa shape index (κ2) is 9.74. The molecular formula is C25H26N2O3. The van der Waals surface area contributed by atoms with Crippen LogP contribution >= 0.6 is 0 Å². The van der Waals surface area contributed by atoms with Gasteiger partial charge in [0, 0.05) is 18.3 Å². The van der Waals surface area contributed by atoms with Crippen molar-refractivity contribution in [1.82, 2.24) is 4.90 Å². The number of hydrogen-bond donors (Lipinski definition) is 1. The van der Waals surface area contributed by atoms with E-state index in [2.05, 4.69) is 5.32 Å². The molecule has 0 unspecified atom stereocenters. The number of carbonyl (C=O) groups is 2. The van der Waals surface area contributed by atoms with Crippen molar-refractivity contribution in [3.05, 3.63) is 95.1 Å². The van der Waals surface area contributed by atoms with Crippen LogP contribution in [-0.4, -0.2) is 30.3 Å². The van der Waals surface area contributed by atoms with Crippen LogP contribution < -0.4 is 10.1 Å². The first-order valence-electron chi connectivity index (χ1n) is 9.82. The van der Waals surface area contributed by atoms with E-state index in [9.17, 15) is 9.59 Å². The van der Waals surface area contributed by atoms with Crippen LogP contribution in [0.3, 0.4) is 0 Å². The van der Waals surface area contributed by atoms with Crippen molar-refractivity contribution in [2.24, 2.45) is 0 Å². The van der Waals surface area contributed by atoms with E-state index in [0.717, 1.165) is 22.4 Å². The van der Waals surface area contributed by atoms with Gasteiger partial charge in [-0.25, -0.2) is 0 Å². The molecule has 3 aromatic rings. The standard InChI is InChI=1S/C25H26N2O3/c1-18-9-7-14-23(19(18)2)26-24(28)16-27(3)25(29)21-12-8-13-22(15-21)30-17-20-10-5-4-6-11-20/h4-15H,16-17H2,1-3H3,(H,26,28). The molecular weight excluding hydrogens is 376 g/mol. The molecule has 0 saturated heterocycles. The van der Waals surface area contributed by atoms with Crippen LogP contribution in [0.15, 0.2) is 72.8 Å². The Hall–Kier alpha value is -3.60. The molecule has 0 atom stereocenters. The number of anilines is 1. The van der Waals surface area contributed by atoms with E-state index in [1.54, 1.807) is 25.2 Å². The molecule has 5 heteroatoms. The Morgan fingerprint density at radius 1 is 0.933 bits per heavy atom. The fourth-order valence-electron chi connectivity index (χ4n) is 3.04. The van der Waals surface area contributed by atoms with Crippen molar-refractivity contribution < 1.29 is 14.3 Å². The van der Waals surface area contributed by atoms with Crippen molar-refractivity contribution in [3.8, 4) is 5.75 Å². The molecule has 0 bridgehead atoms. The quantitative estimate of drug-likeness (QED) is 0.629. The van der Waals surface area contributed by atoms with Gasteiger partial charge in [0.2, 0.25) is 5.91 Å². The van der Waals surface area contributed by atoms with E-state index in [1.165, 1.54) is 4.90 Å². The average Bonchev–Trinajstić information content (AvgIpc) is 2.76. The predicted molar refractivity (Wildman–Crippen MR) is 119 cm³/mol. The van der Waals surface area contributed by atoms with Crippen molar-refractivity contribution in [2.75, 3.05) is 18.9 Å². The Morgan fingerprint density at radius 3 is 2.43 bits per heavy atom. The summed E-state index contributed by atoms with van der Waals surface area (Å²) in [5.41, 5.74) is 4.40. The summed E-state index contributed by atoms with van der Waals surface area (Å²) in [5, 5.41) is 2.88. The number of benzene rings is 3. The molecule has 1 N–H and O–H groups in total. The summed E-state index contributed by atoms with van der Waals surface area (Å²) in [6, 6.07) is 22.6. The normalized spacial score (nSPS) is 10.4. The lowest BCUT2D eigenvalue weighted by atomic mass is 10.1. The Balaban J connectivity index is 1.60. The predicted octanol–water partition coefficient (Wildman–Crippen LogP) is 4.59. The molecule has 30 heavy (non-hydrogen) atoms. The molecule has 154 valence electrons. The Labute approximate surface area is 177 Å². The number of aryl methyl sites for hydroxylation is 1. The number of amides is 2. The Bertz CT molecular complexity index is 1030. The molecule has 5 nitrogen and oxygen atoms in total. The number of carbonyl (C=O) groups excluding carboxylic acids is 2. The minimum absolute atomic E-state index is 0.0404. The van der Waals surface area contributed by atoms with E-state index in [4.69, 9.17) is 4.74 Å². The first kappa shape index (κ1) is 21.1. The number of hydrogen-bond acceptors (Lipinski definition) is 3. The van der Waals surface area contributed by atoms with Crippen LogP contribution in [-0.2, 0) is 11.4 Å². The zero-order chi connectivity index (χ0) is 21.5. The van der Waals surface area contributed by atoms with Gasteiger partial charge in [-0.3, -0.25) is 9.59 Å². The van der Waals surface area contributed by atoms with E-state index in [0.29, 0.717) is 17.9 Å². The van der Waals surface area contributed by atoms with Crippen LogP contribution in [0.25, 0.3) is 0 Å². The van der Waals surface area contributed by atoms with Gasteiger partial charge in [-0.15, -0.1) is 0 Å². The molecule has 0 aromatic heterocycles. The molecule has 0 aliphatic carbocycles. The maximum atomic E-state index is 12.8. The van der Waals surface area contributed by atoms with E-state index in [-0.39, 0.29) is 18.4 Å². The molecule has 0 fully saturated rings. The van der Waals surface area contributed by atoms with E-state index in [1.807, 2.05) is 68.4 Å². The number of nitrogens with one attached hydrogen (secondary N) is 1. The fraction of sp³-hybridized carbons (Fsp3) is 0.200. The lowest BCUT2D eigenvalue weighted by Crippen LogP contribution is -2.35. The van der Waals surface area contributed by atoms with Crippen molar-refractivity contribution in [1.29, 1.82) is 0 Å². The largest absolute Gasteiger partial charge is 0.489 e. The molecule has 0 aliphatic rings. The number of nitrogens with zero attached hydrogens (tertiary/aromatic N) is 1. The first-order chi connectivity index (χ1) is 14.4. The molecule has 0 heterocycles. The summed E-state index contributed by atoms with van der Waals surface area (Å²) in [5.74, 6) is 0.130. The number of likely N-dealkylation sites (N-methyl/N-ethyl adjacent to an activating group) is 1. The Morgan fingerprint density at radius 2 is 1.67 bits per heavy atom. The van der Waals surface area contributed by atoms with E-state index < -0.39 is 0 Å². The minimum atomic E-state index is -0.240. The van der Waals surface area contributed by atoms with Gasteiger partial charge in [0.15, 0.2) is 0 Å². The number of ether oxygens (including phenoxy) is 1. The summed E-state index contributed by atoms with van der Waals surface area (Å²) < 4.78 is 5.80. The molecule has 0 spiro atoms. The topological polar surface area (TPSA) is 58.6 Å². The van der Waals surface area contributed by atoms with Gasteiger partial charge in [-0.2, -0.15) is 0 Å². The zero-order valence-electron chi connectivity index (χ0n) is 17.5. The summed E-state index contributed by atoms with van der Waals surface area (Å²) in [6.07, 6.45) is 0. The van der Waals surface area contributed by atoms with E-state index >= 15 is 0 Å². The first-order valence-corrected chi connectivity index (χ1v) is 9.82. The molecule has 3 rings (SSSR count). The average molecular weight is 402 g/mol. The zero-order valence-corrected chi connectivity index (χ0v) is 17.5. The third kappa shape index (κ3) is 5.47. The van der Waals surface area contributed by atoms with Gasteiger partial charge in [-0.05, 0) is 54.8 Å². The van der Waals surface area contributed by atoms with Gasteiger partial charge < -0.3 is 15.0 Å². The van der Waals surface area contributed by atoms with Crippen molar-refractivity contribution in [3.63, 3.8) is 0 Å². The summed E-state index contributed by atoms with van der Waals surface area (Å²) in [4.78, 5) is 26.6. The number of rotatable bonds is 7. The maximum absolute atomic E-state index is 12.8. The highest BCUT2D eigenvalue weighted by Crippen LogP contribution is 2.19. The van der Waals surface area contributed by atoms with Crippen LogP contribution in [0, 0.1) is 13.8 Å². The van der Waals surface area contributed by atoms with Crippen LogP contribution in [0.4, 0.5) is 5.69 Å². The summed E-state index contributed by atoms with van der Waals surface area (Å²) in [6.45, 7) is 4.34. The highest BCUT2D eigenvalue weighted by Gasteiger charge is 2.16. The molecule has 2 amide bonds. The summed E-state index contributed by atoms with van der Waals surface area (Å²) >= 11 is 0. The smallest absolute Gasteiger partial charge is 0.254 e. The van der Waals surface area contributed by atoms with Crippen molar-refractivity contribution in [2.45, 2.75) is 20.5 Å². The van der Waals surface area contributed by atoms with Gasteiger partial charge in [-0.1, -0.05) is 48.5 Å². The lowest BCUT2D eigenvalue weighted by Gasteiger charge is -2.18. The van der Waals surface area contributed by atoms with Crippen LogP contribution in [0.1, 0.15) is 27.0 Å². The lowest BCUT2D eigenvalue weighted by molar-refractivity contribution is -0.116. The second-order valence-corrected chi connectivity index (χ2v) is 7.26. The van der Waals surface area contributed by atoms with Crippen molar-refractivity contribution >= 4 is 17.5 Å². The molecule has 0 aliphatic heterocycles. The van der Waals surface area contributed by atoms with Gasteiger partial charge in [0.1, 0.15) is 12.4 Å². The molecule has 3 aromatic carbocycles. The van der Waals surface area contributed by atoms with Crippen LogP contribution in [0.5, 0.6) is 5.75 Å². The third-order valence-corrected chi connectivity index (χ3v) is 4.94. The van der Waals surface area contributed by atoms with Gasteiger partial charge in [0.25, 0.3) is 5.91 Å². The highest BCUT2D eigenvalue weighted by molar-refractivity contribution is 5.99.